The number of phenols is 1. The van der Waals surface area contributed by atoms with Crippen LogP contribution in [0.5, 0.6) is 5.75 Å². The summed E-state index contributed by atoms with van der Waals surface area (Å²) < 4.78 is 0. The van der Waals surface area contributed by atoms with E-state index >= 15 is 0 Å². The van der Waals surface area contributed by atoms with E-state index in [1.165, 1.54) is 0 Å². The number of rotatable bonds is 2. The second-order valence-corrected chi connectivity index (χ2v) is 4.52. The first-order valence-corrected chi connectivity index (χ1v) is 5.22. The maximum atomic E-state index is 9.35. The molecule has 1 aromatic heterocycles. The van der Waals surface area contributed by atoms with Gasteiger partial charge in [0.1, 0.15) is 11.6 Å². The molecular weight excluding hydrogens is 188 g/mol. The van der Waals surface area contributed by atoms with Crippen molar-refractivity contribution >= 4 is 11.0 Å². The van der Waals surface area contributed by atoms with Crippen LogP contribution in [-0.2, 0) is 5.41 Å². The summed E-state index contributed by atoms with van der Waals surface area (Å²) in [7, 11) is 0. The van der Waals surface area contributed by atoms with E-state index in [2.05, 4.69) is 30.7 Å². The number of imidazole rings is 1. The van der Waals surface area contributed by atoms with Crippen molar-refractivity contribution in [3.05, 3.63) is 24.0 Å². The molecular formula is C12H16N2O. The Morgan fingerprint density at radius 1 is 1.40 bits per heavy atom. The van der Waals surface area contributed by atoms with Gasteiger partial charge in [0.15, 0.2) is 0 Å². The van der Waals surface area contributed by atoms with Crippen LogP contribution in [0, 0.1) is 0 Å². The highest BCUT2D eigenvalue weighted by atomic mass is 16.3. The third-order valence-electron chi connectivity index (χ3n) is 2.99. The van der Waals surface area contributed by atoms with Crippen LogP contribution in [0.2, 0.25) is 0 Å². The number of hydrogen-bond donors (Lipinski definition) is 2. The molecule has 0 saturated carbocycles. The fraction of sp³-hybridized carbons (Fsp3) is 0.417. The molecule has 0 fully saturated rings. The fourth-order valence-corrected chi connectivity index (χ4v) is 1.49. The van der Waals surface area contributed by atoms with Crippen molar-refractivity contribution in [3.8, 4) is 5.75 Å². The predicted molar refractivity (Wildman–Crippen MR) is 61.1 cm³/mol. The Hall–Kier alpha value is -1.51. The Morgan fingerprint density at radius 2 is 2.13 bits per heavy atom. The van der Waals surface area contributed by atoms with E-state index in [4.69, 9.17) is 0 Å². The minimum absolute atomic E-state index is 0.0502. The number of aromatic hydroxyl groups is 1. The average Bonchev–Trinajstić information content (AvgIpc) is 2.61. The zero-order chi connectivity index (χ0) is 11.1. The van der Waals surface area contributed by atoms with E-state index in [0.717, 1.165) is 23.3 Å². The molecule has 1 heterocycles. The molecule has 1 aromatic carbocycles. The fourth-order valence-electron chi connectivity index (χ4n) is 1.49. The van der Waals surface area contributed by atoms with Crippen LogP contribution in [0.15, 0.2) is 18.2 Å². The smallest absolute Gasteiger partial charge is 0.117 e. The van der Waals surface area contributed by atoms with Gasteiger partial charge in [-0.15, -0.1) is 0 Å². The van der Waals surface area contributed by atoms with E-state index in [0.29, 0.717) is 0 Å². The van der Waals surface area contributed by atoms with Crippen LogP contribution in [-0.4, -0.2) is 15.1 Å². The highest BCUT2D eigenvalue weighted by Crippen LogP contribution is 2.27. The maximum absolute atomic E-state index is 9.35. The van der Waals surface area contributed by atoms with Crippen LogP contribution in [0.4, 0.5) is 0 Å². The number of aromatic amines is 1. The summed E-state index contributed by atoms with van der Waals surface area (Å²) in [6.45, 7) is 6.46. The summed E-state index contributed by atoms with van der Waals surface area (Å²) in [4.78, 5) is 7.79. The number of H-pyrrole nitrogens is 1. The lowest BCUT2D eigenvalue weighted by Gasteiger charge is -2.18. The molecule has 0 amide bonds. The van der Waals surface area contributed by atoms with Gasteiger partial charge in [-0.3, -0.25) is 0 Å². The van der Waals surface area contributed by atoms with Gasteiger partial charge < -0.3 is 10.1 Å². The summed E-state index contributed by atoms with van der Waals surface area (Å²) in [5, 5.41) is 9.35. The summed E-state index contributed by atoms with van der Waals surface area (Å²) in [5.41, 5.74) is 1.85. The molecule has 15 heavy (non-hydrogen) atoms. The minimum Gasteiger partial charge on any atom is -0.508 e. The predicted octanol–water partition coefficient (Wildman–Crippen LogP) is 2.96. The monoisotopic (exact) mass is 204 g/mol. The standard InChI is InChI=1S/C12H16N2O/c1-4-12(2,3)11-13-9-6-5-8(15)7-10(9)14-11/h5-7,15H,4H2,1-3H3,(H,13,14). The van der Waals surface area contributed by atoms with E-state index in [1.807, 2.05) is 6.07 Å². The average molecular weight is 204 g/mol. The second kappa shape index (κ2) is 3.26. The van der Waals surface area contributed by atoms with Crippen LogP contribution in [0.25, 0.3) is 11.0 Å². The first-order valence-electron chi connectivity index (χ1n) is 5.22. The van der Waals surface area contributed by atoms with Gasteiger partial charge in [-0.25, -0.2) is 4.98 Å². The van der Waals surface area contributed by atoms with Crippen LogP contribution >= 0.6 is 0 Å². The van der Waals surface area contributed by atoms with Gasteiger partial charge in [0, 0.05) is 11.5 Å². The van der Waals surface area contributed by atoms with Gasteiger partial charge in [0.2, 0.25) is 0 Å². The summed E-state index contributed by atoms with van der Waals surface area (Å²) in [5.74, 6) is 1.25. The third kappa shape index (κ3) is 1.69. The van der Waals surface area contributed by atoms with Crippen molar-refractivity contribution in [1.29, 1.82) is 0 Å². The largest absolute Gasteiger partial charge is 0.508 e. The molecule has 0 bridgehead atoms. The van der Waals surface area contributed by atoms with Gasteiger partial charge >= 0.3 is 0 Å². The van der Waals surface area contributed by atoms with Crippen LogP contribution in [0.3, 0.4) is 0 Å². The van der Waals surface area contributed by atoms with E-state index < -0.39 is 0 Å². The Bertz CT molecular complexity index is 485. The zero-order valence-electron chi connectivity index (χ0n) is 9.33. The lowest BCUT2D eigenvalue weighted by Crippen LogP contribution is -2.17. The Balaban J connectivity index is 2.56. The molecule has 3 nitrogen and oxygen atoms in total. The Labute approximate surface area is 89.2 Å². The summed E-state index contributed by atoms with van der Waals surface area (Å²) >= 11 is 0. The molecule has 0 atom stereocenters. The maximum Gasteiger partial charge on any atom is 0.117 e. The van der Waals surface area contributed by atoms with Crippen molar-refractivity contribution in [2.75, 3.05) is 0 Å². The highest BCUT2D eigenvalue weighted by Gasteiger charge is 2.21. The molecule has 3 heteroatoms. The number of nitrogens with zero attached hydrogens (tertiary/aromatic N) is 1. The first kappa shape index (κ1) is 10.0. The summed E-state index contributed by atoms with van der Waals surface area (Å²) in [6.07, 6.45) is 1.03. The lowest BCUT2D eigenvalue weighted by molar-refractivity contribution is 0.475. The molecule has 2 N–H and O–H groups in total. The van der Waals surface area contributed by atoms with E-state index in [-0.39, 0.29) is 11.2 Å². The van der Waals surface area contributed by atoms with Gasteiger partial charge in [0.05, 0.1) is 11.0 Å². The minimum atomic E-state index is 0.0502. The van der Waals surface area contributed by atoms with Crippen molar-refractivity contribution in [2.24, 2.45) is 0 Å². The molecule has 0 unspecified atom stereocenters. The van der Waals surface area contributed by atoms with Crippen molar-refractivity contribution in [1.82, 2.24) is 9.97 Å². The topological polar surface area (TPSA) is 48.9 Å². The van der Waals surface area contributed by atoms with Gasteiger partial charge in [-0.2, -0.15) is 0 Å². The molecule has 0 radical (unpaired) electrons. The normalized spacial score (nSPS) is 12.2. The third-order valence-corrected chi connectivity index (χ3v) is 2.99. The zero-order valence-corrected chi connectivity index (χ0v) is 9.33. The quantitative estimate of drug-likeness (QED) is 0.790. The van der Waals surface area contributed by atoms with Gasteiger partial charge in [0.25, 0.3) is 0 Å². The molecule has 0 saturated heterocycles. The number of nitrogens with one attached hydrogen (secondary N) is 1. The molecule has 0 aliphatic heterocycles. The molecule has 2 rings (SSSR count). The molecule has 2 aromatic rings. The van der Waals surface area contributed by atoms with E-state index in [9.17, 15) is 5.11 Å². The van der Waals surface area contributed by atoms with E-state index in [1.54, 1.807) is 12.1 Å². The molecule has 0 aliphatic carbocycles. The molecule has 0 spiro atoms. The second-order valence-electron chi connectivity index (χ2n) is 4.52. The number of benzene rings is 1. The lowest BCUT2D eigenvalue weighted by atomic mass is 9.90. The van der Waals surface area contributed by atoms with Crippen molar-refractivity contribution < 1.29 is 5.11 Å². The van der Waals surface area contributed by atoms with Gasteiger partial charge in [-0.1, -0.05) is 20.8 Å². The summed E-state index contributed by atoms with van der Waals surface area (Å²) in [6, 6.07) is 5.19. The molecule has 0 aliphatic rings. The first-order chi connectivity index (χ1) is 7.03. The van der Waals surface area contributed by atoms with Crippen molar-refractivity contribution in [3.63, 3.8) is 0 Å². The highest BCUT2D eigenvalue weighted by molar-refractivity contribution is 5.76. The van der Waals surface area contributed by atoms with Crippen LogP contribution in [0.1, 0.15) is 33.0 Å². The van der Waals surface area contributed by atoms with Crippen LogP contribution < -0.4 is 0 Å². The van der Waals surface area contributed by atoms with Crippen molar-refractivity contribution in [2.45, 2.75) is 32.6 Å². The Kier molecular flexibility index (Phi) is 2.18. The number of hydrogen-bond acceptors (Lipinski definition) is 2. The Morgan fingerprint density at radius 3 is 2.80 bits per heavy atom. The number of fused-ring (bicyclic) bond motifs is 1. The number of aromatic nitrogens is 2. The van der Waals surface area contributed by atoms with Gasteiger partial charge in [-0.05, 0) is 18.6 Å². The number of phenolic OH excluding ortho intramolecular Hbond substituents is 1. The SMILES string of the molecule is CCC(C)(C)c1nc2ccc(O)cc2[nH]1. The molecule has 80 valence electrons.